The summed E-state index contributed by atoms with van der Waals surface area (Å²) in [7, 11) is 0. The van der Waals surface area contributed by atoms with Crippen molar-refractivity contribution in [2.45, 2.75) is 25.2 Å². The molecular weight excluding hydrogens is 534 g/mol. The van der Waals surface area contributed by atoms with E-state index in [1.807, 2.05) is 30.3 Å². The van der Waals surface area contributed by atoms with Gasteiger partial charge in [0.05, 0.1) is 28.6 Å². The summed E-state index contributed by atoms with van der Waals surface area (Å²) in [4.78, 5) is 41.0. The van der Waals surface area contributed by atoms with Crippen LogP contribution in [-0.2, 0) is 14.2 Å². The second-order valence-electron chi connectivity index (χ2n) is 9.30. The van der Waals surface area contributed by atoms with Crippen molar-refractivity contribution in [2.75, 3.05) is 0 Å². The van der Waals surface area contributed by atoms with Crippen LogP contribution >= 0.6 is 0 Å². The van der Waals surface area contributed by atoms with Gasteiger partial charge in [0.2, 0.25) is 0 Å². The zero-order chi connectivity index (χ0) is 29.3. The predicted molar refractivity (Wildman–Crippen MR) is 153 cm³/mol. The first-order valence-corrected chi connectivity index (χ1v) is 13.3. The van der Waals surface area contributed by atoms with Crippen molar-refractivity contribution in [1.82, 2.24) is 15.0 Å². The monoisotopic (exact) mass is 561 g/mol. The number of ether oxygens (including phenoxy) is 3. The third-order valence-electron chi connectivity index (χ3n) is 6.35. The van der Waals surface area contributed by atoms with Gasteiger partial charge in [0.15, 0.2) is 12.2 Å². The van der Waals surface area contributed by atoms with E-state index in [9.17, 15) is 14.4 Å². The van der Waals surface area contributed by atoms with Gasteiger partial charge in [-0.15, -0.1) is 5.10 Å². The van der Waals surface area contributed by atoms with E-state index in [2.05, 4.69) is 10.2 Å². The number of rotatable bonds is 10. The number of aromatic nitrogens is 3. The lowest BCUT2D eigenvalue weighted by atomic mass is 10.1. The van der Waals surface area contributed by atoms with E-state index in [0.717, 1.165) is 0 Å². The first kappa shape index (κ1) is 28.0. The van der Waals surface area contributed by atoms with Crippen LogP contribution in [0.3, 0.4) is 0 Å². The molecule has 4 aromatic carbocycles. The number of hydrogen-bond acceptors (Lipinski definition) is 8. The number of nitrogens with zero attached hydrogens (tertiary/aromatic N) is 3. The number of hydrogen-bond donors (Lipinski definition) is 0. The highest BCUT2D eigenvalue weighted by molar-refractivity contribution is 5.91. The summed E-state index contributed by atoms with van der Waals surface area (Å²) >= 11 is 0. The second kappa shape index (κ2) is 13.2. The van der Waals surface area contributed by atoms with Gasteiger partial charge in [-0.1, -0.05) is 72.8 Å². The van der Waals surface area contributed by atoms with Crippen molar-refractivity contribution in [2.24, 2.45) is 0 Å². The first-order chi connectivity index (χ1) is 20.5. The van der Waals surface area contributed by atoms with E-state index in [-0.39, 0.29) is 16.8 Å². The molecule has 9 heteroatoms. The number of carbonyl (C=O) groups excluding carboxylic acids is 3. The standard InChI is InChI=1S/C33H27N3O6/c1-23(40-31(37)24-14-6-2-7-15-24)29(41-32(38)25-16-8-3-9-17-25)30(42-33(39)26-18-10-4-11-19-26)28-22-34-36(35-28)27-20-12-5-13-21-27/h2-23,29-30H,1H3. The van der Waals surface area contributed by atoms with E-state index >= 15 is 0 Å². The number of esters is 3. The van der Waals surface area contributed by atoms with E-state index in [1.54, 1.807) is 97.9 Å². The van der Waals surface area contributed by atoms with Gasteiger partial charge in [0.25, 0.3) is 0 Å². The van der Waals surface area contributed by atoms with Crippen LogP contribution in [0.15, 0.2) is 128 Å². The molecule has 1 aromatic heterocycles. The summed E-state index contributed by atoms with van der Waals surface area (Å²) in [6.45, 7) is 1.56. The maximum Gasteiger partial charge on any atom is 0.338 e. The maximum atomic E-state index is 13.3. The Labute approximate surface area is 242 Å². The van der Waals surface area contributed by atoms with Gasteiger partial charge in [-0.2, -0.15) is 9.90 Å². The highest BCUT2D eigenvalue weighted by atomic mass is 16.6. The highest BCUT2D eigenvalue weighted by Gasteiger charge is 2.39. The lowest BCUT2D eigenvalue weighted by Gasteiger charge is -2.30. The predicted octanol–water partition coefficient (Wildman–Crippen LogP) is 5.64. The van der Waals surface area contributed by atoms with Crippen LogP contribution in [0.1, 0.15) is 49.8 Å². The molecule has 0 saturated heterocycles. The molecule has 0 fully saturated rings. The van der Waals surface area contributed by atoms with Crippen molar-refractivity contribution >= 4 is 17.9 Å². The molecule has 0 radical (unpaired) electrons. The van der Waals surface area contributed by atoms with Gasteiger partial charge < -0.3 is 14.2 Å². The van der Waals surface area contributed by atoms with Crippen molar-refractivity contribution in [1.29, 1.82) is 0 Å². The first-order valence-electron chi connectivity index (χ1n) is 13.3. The molecule has 1 heterocycles. The van der Waals surface area contributed by atoms with Crippen LogP contribution in [0.4, 0.5) is 0 Å². The Kier molecular flexibility index (Phi) is 8.79. The van der Waals surface area contributed by atoms with Gasteiger partial charge >= 0.3 is 17.9 Å². The topological polar surface area (TPSA) is 110 Å². The minimum Gasteiger partial charge on any atom is -0.455 e. The molecule has 5 rings (SSSR count). The van der Waals surface area contributed by atoms with Crippen molar-refractivity contribution in [3.8, 4) is 5.69 Å². The molecule has 0 N–H and O–H groups in total. The zero-order valence-electron chi connectivity index (χ0n) is 22.6. The van der Waals surface area contributed by atoms with Gasteiger partial charge in [0, 0.05) is 0 Å². The Hall–Kier alpha value is -5.57. The van der Waals surface area contributed by atoms with E-state index in [1.165, 1.54) is 11.0 Å². The van der Waals surface area contributed by atoms with Crippen LogP contribution in [0, 0.1) is 0 Å². The fraction of sp³-hybridized carbons (Fsp3) is 0.121. The van der Waals surface area contributed by atoms with Crippen molar-refractivity contribution in [3.63, 3.8) is 0 Å². The lowest BCUT2D eigenvalue weighted by Crippen LogP contribution is -2.40. The Morgan fingerprint density at radius 1 is 0.595 bits per heavy atom. The fourth-order valence-corrected chi connectivity index (χ4v) is 4.19. The number of carbonyl (C=O) groups is 3. The summed E-state index contributed by atoms with van der Waals surface area (Å²) in [6, 6.07) is 34.3. The molecular formula is C33H27N3O6. The molecule has 3 atom stereocenters. The summed E-state index contributed by atoms with van der Waals surface area (Å²) in [5.41, 5.74) is 1.71. The third kappa shape index (κ3) is 6.76. The van der Waals surface area contributed by atoms with Crippen LogP contribution in [0.2, 0.25) is 0 Å². The number of para-hydroxylation sites is 1. The summed E-state index contributed by atoms with van der Waals surface area (Å²) in [5.74, 6) is -2.01. The molecule has 0 aliphatic rings. The smallest absolute Gasteiger partial charge is 0.338 e. The molecule has 5 aromatic rings. The summed E-state index contributed by atoms with van der Waals surface area (Å²) in [5, 5.41) is 8.89. The average Bonchev–Trinajstić information content (AvgIpc) is 3.54. The minimum absolute atomic E-state index is 0.191. The maximum absolute atomic E-state index is 13.3. The van der Waals surface area contributed by atoms with Crippen LogP contribution in [-0.4, -0.2) is 45.1 Å². The van der Waals surface area contributed by atoms with Crippen LogP contribution < -0.4 is 0 Å². The molecule has 0 spiro atoms. The van der Waals surface area contributed by atoms with Gasteiger partial charge in [-0.25, -0.2) is 14.4 Å². The van der Waals surface area contributed by atoms with Crippen LogP contribution in [0.5, 0.6) is 0 Å². The van der Waals surface area contributed by atoms with Gasteiger partial charge in [0.1, 0.15) is 11.8 Å². The molecule has 210 valence electrons. The normalized spacial score (nSPS) is 12.9. The molecule has 0 amide bonds. The molecule has 42 heavy (non-hydrogen) atoms. The average molecular weight is 562 g/mol. The molecule has 0 aliphatic heterocycles. The zero-order valence-corrected chi connectivity index (χ0v) is 22.6. The Bertz CT molecular complexity index is 1630. The Morgan fingerprint density at radius 2 is 1.02 bits per heavy atom. The largest absolute Gasteiger partial charge is 0.455 e. The SMILES string of the molecule is CC(OC(=O)c1ccccc1)C(OC(=O)c1ccccc1)C(OC(=O)c1ccccc1)c1cnn(-c2ccccc2)n1. The van der Waals surface area contributed by atoms with Gasteiger partial charge in [-0.3, -0.25) is 0 Å². The summed E-state index contributed by atoms with van der Waals surface area (Å²) < 4.78 is 17.6. The van der Waals surface area contributed by atoms with E-state index < -0.39 is 36.2 Å². The fourth-order valence-electron chi connectivity index (χ4n) is 4.19. The van der Waals surface area contributed by atoms with Gasteiger partial charge in [-0.05, 0) is 55.5 Å². The Balaban J connectivity index is 1.53. The van der Waals surface area contributed by atoms with E-state index in [4.69, 9.17) is 14.2 Å². The third-order valence-corrected chi connectivity index (χ3v) is 6.35. The lowest BCUT2D eigenvalue weighted by molar-refractivity contribution is -0.0855. The van der Waals surface area contributed by atoms with E-state index in [0.29, 0.717) is 11.3 Å². The van der Waals surface area contributed by atoms with Crippen molar-refractivity contribution in [3.05, 3.63) is 150 Å². The van der Waals surface area contributed by atoms with Crippen molar-refractivity contribution < 1.29 is 28.6 Å². The number of benzene rings is 4. The molecule has 9 nitrogen and oxygen atoms in total. The minimum atomic E-state index is -1.29. The quantitative estimate of drug-likeness (QED) is 0.159. The second-order valence-corrected chi connectivity index (χ2v) is 9.30. The Morgan fingerprint density at radius 3 is 1.52 bits per heavy atom. The summed E-state index contributed by atoms with van der Waals surface area (Å²) in [6.07, 6.45) is -2.23. The molecule has 0 aliphatic carbocycles. The molecule has 3 unspecified atom stereocenters. The van der Waals surface area contributed by atoms with Crippen LogP contribution in [0.25, 0.3) is 5.69 Å². The molecule has 0 bridgehead atoms. The highest BCUT2D eigenvalue weighted by Crippen LogP contribution is 2.29. The molecule has 0 saturated carbocycles.